The van der Waals surface area contributed by atoms with Crippen LogP contribution in [0.25, 0.3) is 0 Å². The van der Waals surface area contributed by atoms with Gasteiger partial charge in [-0.05, 0) is 24.3 Å². The molecule has 1 N–H and O–H groups in total. The van der Waals surface area contributed by atoms with E-state index in [2.05, 4.69) is 10.3 Å². The van der Waals surface area contributed by atoms with Gasteiger partial charge >= 0.3 is 6.18 Å². The molecule has 170 valence electrons. The average molecular weight is 552 g/mol. The third-order valence-electron chi connectivity index (χ3n) is 4.65. The molecule has 1 aliphatic heterocycles. The van der Waals surface area contributed by atoms with E-state index >= 15 is 0 Å². The first-order valence-corrected chi connectivity index (χ1v) is 9.47. The molecule has 0 aliphatic carbocycles. The average Bonchev–Trinajstić information content (AvgIpc) is 3.28. The number of hydrogen-bond donors (Lipinski definition) is 1. The number of rotatable bonds is 5. The number of furan rings is 1. The van der Waals surface area contributed by atoms with Gasteiger partial charge in [0.05, 0.1) is 18.4 Å². The fourth-order valence-corrected chi connectivity index (χ4v) is 3.16. The summed E-state index contributed by atoms with van der Waals surface area (Å²) in [6, 6.07) is 8.42. The fourth-order valence-electron chi connectivity index (χ4n) is 3.16. The second-order valence-corrected chi connectivity index (χ2v) is 6.57. The highest BCUT2D eigenvalue weighted by molar-refractivity contribution is 14.0. The number of halogens is 4. The number of amides is 1. The Morgan fingerprint density at radius 3 is 2.42 bits per heavy atom. The number of alkyl halides is 3. The molecule has 7 nitrogen and oxygen atoms in total. The molecule has 2 aromatic rings. The highest BCUT2D eigenvalue weighted by atomic mass is 127. The molecule has 1 saturated heterocycles. The molecule has 31 heavy (non-hydrogen) atoms. The van der Waals surface area contributed by atoms with Crippen LogP contribution in [-0.2, 0) is 6.18 Å². The Balaban J connectivity index is 0.00000341. The molecule has 0 radical (unpaired) electrons. The van der Waals surface area contributed by atoms with E-state index < -0.39 is 11.7 Å². The van der Waals surface area contributed by atoms with Crippen LogP contribution in [0.4, 0.5) is 13.2 Å². The lowest BCUT2D eigenvalue weighted by Crippen LogP contribution is -2.54. The minimum Gasteiger partial charge on any atom is -0.491 e. The number of aliphatic imine (C=N–C) groups is 1. The number of carbonyl (C=O) groups excluding carboxylic acids is 1. The summed E-state index contributed by atoms with van der Waals surface area (Å²) in [5.74, 6) is 0.557. The number of carbonyl (C=O) groups is 1. The minimum atomic E-state index is -4.47. The van der Waals surface area contributed by atoms with E-state index in [9.17, 15) is 18.0 Å². The van der Waals surface area contributed by atoms with Gasteiger partial charge in [-0.2, -0.15) is 13.2 Å². The third kappa shape index (κ3) is 6.52. The summed E-state index contributed by atoms with van der Waals surface area (Å²) in [6.45, 7) is 2.49. The molecule has 3 rings (SSSR count). The topological polar surface area (TPSA) is 70.3 Å². The number of nitrogens with one attached hydrogen (secondary N) is 1. The Bertz CT molecular complexity index is 867. The van der Waals surface area contributed by atoms with Gasteiger partial charge in [0.1, 0.15) is 12.4 Å². The Hall–Kier alpha value is -2.44. The molecule has 1 aliphatic rings. The molecule has 11 heteroatoms. The van der Waals surface area contributed by atoms with E-state index in [-0.39, 0.29) is 48.8 Å². The van der Waals surface area contributed by atoms with Crippen molar-refractivity contribution in [3.05, 3.63) is 54.0 Å². The van der Waals surface area contributed by atoms with Crippen molar-refractivity contribution >= 4 is 35.8 Å². The van der Waals surface area contributed by atoms with Crippen molar-refractivity contribution in [2.75, 3.05) is 46.4 Å². The van der Waals surface area contributed by atoms with Gasteiger partial charge in [-0.1, -0.05) is 12.1 Å². The van der Waals surface area contributed by atoms with Crippen LogP contribution in [0, 0.1) is 0 Å². The molecule has 0 atom stereocenters. The standard InChI is InChI=1S/C20H23F3N4O3.HI/c1-24-19(25-8-14-30-16-6-3-2-5-15(16)20(21,22)23)27-11-9-26(10-12-27)18(28)17-7-4-13-29-17;/h2-7,13H,8-12,14H2,1H3,(H,24,25);1H. The van der Waals surface area contributed by atoms with Gasteiger partial charge < -0.3 is 24.3 Å². The van der Waals surface area contributed by atoms with Crippen molar-refractivity contribution in [3.63, 3.8) is 0 Å². The maximum atomic E-state index is 13.0. The predicted octanol–water partition coefficient (Wildman–Crippen LogP) is 3.33. The molecule has 0 bridgehead atoms. The smallest absolute Gasteiger partial charge is 0.419 e. The van der Waals surface area contributed by atoms with Crippen LogP contribution in [0.5, 0.6) is 5.75 Å². The van der Waals surface area contributed by atoms with Crippen LogP contribution in [0.3, 0.4) is 0 Å². The van der Waals surface area contributed by atoms with Gasteiger partial charge in [0, 0.05) is 33.2 Å². The van der Waals surface area contributed by atoms with Crippen LogP contribution in [0.2, 0.25) is 0 Å². The molecule has 2 heterocycles. The van der Waals surface area contributed by atoms with Gasteiger partial charge in [-0.25, -0.2) is 0 Å². The highest BCUT2D eigenvalue weighted by Crippen LogP contribution is 2.35. The largest absolute Gasteiger partial charge is 0.491 e. The highest BCUT2D eigenvalue weighted by Gasteiger charge is 2.34. The Morgan fingerprint density at radius 1 is 1.13 bits per heavy atom. The number of guanidine groups is 1. The Labute approximate surface area is 195 Å². The van der Waals surface area contributed by atoms with Gasteiger partial charge in [-0.15, -0.1) is 24.0 Å². The van der Waals surface area contributed by atoms with Crippen LogP contribution in [0.15, 0.2) is 52.1 Å². The molecule has 1 amide bonds. The van der Waals surface area contributed by atoms with Gasteiger partial charge in [0.15, 0.2) is 11.7 Å². The summed E-state index contributed by atoms with van der Waals surface area (Å²) in [5.41, 5.74) is -0.799. The van der Waals surface area contributed by atoms with Crippen LogP contribution in [0.1, 0.15) is 16.1 Å². The quantitative estimate of drug-likeness (QED) is 0.267. The van der Waals surface area contributed by atoms with Crippen molar-refractivity contribution in [1.82, 2.24) is 15.1 Å². The molecule has 0 spiro atoms. The van der Waals surface area contributed by atoms with E-state index in [1.54, 1.807) is 24.1 Å². The van der Waals surface area contributed by atoms with E-state index in [1.165, 1.54) is 24.5 Å². The number of hydrogen-bond acceptors (Lipinski definition) is 4. The molecule has 1 aromatic carbocycles. The first-order chi connectivity index (χ1) is 14.4. The summed E-state index contributed by atoms with van der Waals surface area (Å²) in [6.07, 6.45) is -3.00. The number of para-hydroxylation sites is 1. The maximum Gasteiger partial charge on any atom is 0.419 e. The summed E-state index contributed by atoms with van der Waals surface area (Å²) < 4.78 is 49.5. The zero-order valence-electron chi connectivity index (χ0n) is 16.9. The second-order valence-electron chi connectivity index (χ2n) is 6.57. The first-order valence-electron chi connectivity index (χ1n) is 9.47. The summed E-state index contributed by atoms with van der Waals surface area (Å²) >= 11 is 0. The minimum absolute atomic E-state index is 0. The van der Waals surface area contributed by atoms with E-state index in [0.29, 0.717) is 37.9 Å². The van der Waals surface area contributed by atoms with E-state index in [0.717, 1.165) is 6.07 Å². The molecular weight excluding hydrogens is 528 g/mol. The van der Waals surface area contributed by atoms with Crippen LogP contribution in [-0.4, -0.2) is 68.0 Å². The number of ether oxygens (including phenoxy) is 1. The lowest BCUT2D eigenvalue weighted by atomic mass is 10.2. The van der Waals surface area contributed by atoms with Crippen LogP contribution < -0.4 is 10.1 Å². The first kappa shape index (κ1) is 24.8. The lowest BCUT2D eigenvalue weighted by molar-refractivity contribution is -0.138. The Kier molecular flexibility index (Phi) is 9.01. The van der Waals surface area contributed by atoms with E-state index in [4.69, 9.17) is 9.15 Å². The van der Waals surface area contributed by atoms with Gasteiger partial charge in [-0.3, -0.25) is 9.79 Å². The molecular formula is C20H24F3IN4O3. The summed E-state index contributed by atoms with van der Waals surface area (Å²) in [5, 5.41) is 3.09. The summed E-state index contributed by atoms with van der Waals surface area (Å²) in [7, 11) is 1.63. The zero-order chi connectivity index (χ0) is 21.6. The van der Waals surface area contributed by atoms with Crippen LogP contribution >= 0.6 is 24.0 Å². The number of nitrogens with zero attached hydrogens (tertiary/aromatic N) is 3. The maximum absolute atomic E-state index is 13.0. The van der Waals surface area contributed by atoms with Crippen molar-refractivity contribution in [2.24, 2.45) is 4.99 Å². The SMILES string of the molecule is CN=C(NCCOc1ccccc1C(F)(F)F)N1CCN(C(=O)c2ccco2)CC1.I. The summed E-state index contributed by atoms with van der Waals surface area (Å²) in [4.78, 5) is 20.2. The fraction of sp³-hybridized carbons (Fsp3) is 0.400. The third-order valence-corrected chi connectivity index (χ3v) is 4.65. The van der Waals surface area contributed by atoms with Crippen molar-refractivity contribution in [3.8, 4) is 5.75 Å². The van der Waals surface area contributed by atoms with Crippen molar-refractivity contribution < 1.29 is 27.1 Å². The number of piperazine rings is 1. The zero-order valence-corrected chi connectivity index (χ0v) is 19.2. The van der Waals surface area contributed by atoms with Gasteiger partial charge in [0.2, 0.25) is 0 Å². The van der Waals surface area contributed by atoms with Crippen molar-refractivity contribution in [1.29, 1.82) is 0 Å². The van der Waals surface area contributed by atoms with Gasteiger partial charge in [0.25, 0.3) is 5.91 Å². The predicted molar refractivity (Wildman–Crippen MR) is 120 cm³/mol. The van der Waals surface area contributed by atoms with E-state index in [1.807, 2.05) is 4.90 Å². The monoisotopic (exact) mass is 552 g/mol. The molecule has 1 fully saturated rings. The van der Waals surface area contributed by atoms with Crippen molar-refractivity contribution in [2.45, 2.75) is 6.18 Å². The molecule has 0 unspecified atom stereocenters. The number of benzene rings is 1. The Morgan fingerprint density at radius 2 is 1.81 bits per heavy atom. The molecule has 0 saturated carbocycles. The molecule has 1 aromatic heterocycles. The second kappa shape index (κ2) is 11.3. The normalized spacial score (nSPS) is 14.8. The lowest BCUT2D eigenvalue weighted by Gasteiger charge is -2.36.